The molecule has 130 valence electrons. The molecule has 2 aromatic rings. The molecule has 0 aliphatic rings. The van der Waals surface area contributed by atoms with Gasteiger partial charge in [0, 0.05) is 5.41 Å². The number of carboxylic acids is 1. The molecular weight excluding hydrogens is 327 g/mol. The molecule has 6 nitrogen and oxygen atoms in total. The van der Waals surface area contributed by atoms with Gasteiger partial charge in [-0.3, -0.25) is 0 Å². The van der Waals surface area contributed by atoms with Gasteiger partial charge in [0.15, 0.2) is 5.69 Å². The van der Waals surface area contributed by atoms with Crippen LogP contribution in [0.2, 0.25) is 0 Å². The van der Waals surface area contributed by atoms with Crippen molar-refractivity contribution >= 4 is 5.97 Å². The summed E-state index contributed by atoms with van der Waals surface area (Å²) in [4.78, 5) is 11.3. The molecule has 0 aliphatic carbocycles. The molecule has 24 heavy (non-hydrogen) atoms. The van der Waals surface area contributed by atoms with Crippen molar-refractivity contribution in [3.63, 3.8) is 0 Å². The van der Waals surface area contributed by atoms with Crippen LogP contribution in [0.4, 0.5) is 13.2 Å². The molecule has 1 heterocycles. The van der Waals surface area contributed by atoms with Crippen LogP contribution in [0.25, 0.3) is 0 Å². The van der Waals surface area contributed by atoms with Gasteiger partial charge in [-0.05, 0) is 17.7 Å². The van der Waals surface area contributed by atoms with Crippen molar-refractivity contribution in [1.82, 2.24) is 15.0 Å². The Morgan fingerprint density at radius 3 is 2.25 bits per heavy atom. The Hall–Kier alpha value is -2.58. The maximum atomic E-state index is 12.2. The van der Waals surface area contributed by atoms with Crippen LogP contribution >= 0.6 is 0 Å². The Kier molecular flexibility index (Phi) is 4.54. The number of rotatable bonds is 4. The minimum absolute atomic E-state index is 0.139. The van der Waals surface area contributed by atoms with E-state index in [-0.39, 0.29) is 18.0 Å². The molecule has 0 aliphatic heterocycles. The summed E-state index contributed by atoms with van der Waals surface area (Å²) in [5, 5.41) is 16.8. The van der Waals surface area contributed by atoms with E-state index in [0.29, 0.717) is 11.3 Å². The average molecular weight is 343 g/mol. The fraction of sp³-hybridized carbons (Fsp3) is 0.400. The molecule has 0 unspecified atom stereocenters. The standard InChI is InChI=1S/C15H16F3N3O3/c1-14(2,3)12-11(13(22)23)19-20-21(12)8-9-4-6-10(7-5-9)24-15(16,17)18/h4-7H,8H2,1-3H3,(H,22,23). The smallest absolute Gasteiger partial charge is 0.476 e. The molecule has 1 aromatic heterocycles. The van der Waals surface area contributed by atoms with Gasteiger partial charge in [-0.25, -0.2) is 9.48 Å². The van der Waals surface area contributed by atoms with E-state index in [1.54, 1.807) is 0 Å². The van der Waals surface area contributed by atoms with Crippen LogP contribution in [0.1, 0.15) is 42.5 Å². The van der Waals surface area contributed by atoms with E-state index in [2.05, 4.69) is 15.0 Å². The number of hydrogen-bond acceptors (Lipinski definition) is 4. The number of carboxylic acid groups (broad SMARTS) is 1. The number of carbonyl (C=O) groups is 1. The van der Waals surface area contributed by atoms with Crippen LogP contribution in [0.3, 0.4) is 0 Å². The summed E-state index contributed by atoms with van der Waals surface area (Å²) < 4.78 is 41.7. The van der Waals surface area contributed by atoms with Gasteiger partial charge in [-0.2, -0.15) is 0 Å². The van der Waals surface area contributed by atoms with E-state index >= 15 is 0 Å². The first kappa shape index (κ1) is 17.8. The number of hydrogen-bond donors (Lipinski definition) is 1. The second-order valence-electron chi connectivity index (χ2n) is 6.19. The van der Waals surface area contributed by atoms with Crippen LogP contribution in [0.15, 0.2) is 24.3 Å². The third kappa shape index (κ3) is 4.24. The summed E-state index contributed by atoms with van der Waals surface area (Å²) in [5.41, 5.74) is 0.415. The molecule has 0 saturated carbocycles. The quantitative estimate of drug-likeness (QED) is 0.922. The fourth-order valence-corrected chi connectivity index (χ4v) is 2.28. The van der Waals surface area contributed by atoms with Gasteiger partial charge in [-0.15, -0.1) is 18.3 Å². The highest BCUT2D eigenvalue weighted by Gasteiger charge is 2.31. The van der Waals surface area contributed by atoms with Crippen molar-refractivity contribution in [3.05, 3.63) is 41.2 Å². The highest BCUT2D eigenvalue weighted by molar-refractivity contribution is 5.86. The van der Waals surface area contributed by atoms with Crippen molar-refractivity contribution in [2.45, 2.75) is 39.1 Å². The van der Waals surface area contributed by atoms with Gasteiger partial charge in [0.1, 0.15) is 5.75 Å². The van der Waals surface area contributed by atoms with E-state index in [4.69, 9.17) is 0 Å². The van der Waals surface area contributed by atoms with Crippen molar-refractivity contribution < 1.29 is 27.8 Å². The van der Waals surface area contributed by atoms with Crippen LogP contribution < -0.4 is 4.74 Å². The number of alkyl halides is 3. The summed E-state index contributed by atoms with van der Waals surface area (Å²) >= 11 is 0. The molecule has 0 spiro atoms. The first-order chi connectivity index (χ1) is 11.0. The average Bonchev–Trinajstić information content (AvgIpc) is 2.83. The van der Waals surface area contributed by atoms with E-state index in [9.17, 15) is 23.1 Å². The van der Waals surface area contributed by atoms with Crippen LogP contribution in [-0.4, -0.2) is 32.4 Å². The van der Waals surface area contributed by atoms with E-state index in [1.807, 2.05) is 20.8 Å². The number of ether oxygens (including phenoxy) is 1. The van der Waals surface area contributed by atoms with Gasteiger partial charge in [-0.1, -0.05) is 38.1 Å². The number of nitrogens with zero attached hydrogens (tertiary/aromatic N) is 3. The SMILES string of the molecule is CC(C)(C)c1c(C(=O)O)nnn1Cc1ccc(OC(F)(F)F)cc1. The lowest BCUT2D eigenvalue weighted by molar-refractivity contribution is -0.274. The molecule has 2 rings (SSSR count). The van der Waals surface area contributed by atoms with Gasteiger partial charge in [0.2, 0.25) is 0 Å². The van der Waals surface area contributed by atoms with Crippen LogP contribution in [0, 0.1) is 0 Å². The summed E-state index contributed by atoms with van der Waals surface area (Å²) in [7, 11) is 0. The second kappa shape index (κ2) is 6.14. The number of aromatic carboxylic acids is 1. The van der Waals surface area contributed by atoms with Crippen molar-refractivity contribution in [2.24, 2.45) is 0 Å². The first-order valence-corrected chi connectivity index (χ1v) is 6.99. The highest BCUT2D eigenvalue weighted by atomic mass is 19.4. The van der Waals surface area contributed by atoms with Gasteiger partial charge >= 0.3 is 12.3 Å². The zero-order valence-electron chi connectivity index (χ0n) is 13.3. The van der Waals surface area contributed by atoms with Gasteiger partial charge in [0.25, 0.3) is 0 Å². The van der Waals surface area contributed by atoms with Crippen molar-refractivity contribution in [1.29, 1.82) is 0 Å². The summed E-state index contributed by atoms with van der Waals surface area (Å²) in [6, 6.07) is 5.29. The molecule has 0 amide bonds. The topological polar surface area (TPSA) is 77.2 Å². The lowest BCUT2D eigenvalue weighted by Gasteiger charge is -2.20. The van der Waals surface area contributed by atoms with Gasteiger partial charge in [0.05, 0.1) is 12.2 Å². The minimum Gasteiger partial charge on any atom is -0.476 e. The molecule has 0 atom stereocenters. The second-order valence-corrected chi connectivity index (χ2v) is 6.19. The van der Waals surface area contributed by atoms with Gasteiger partial charge < -0.3 is 9.84 Å². The minimum atomic E-state index is -4.75. The molecular formula is C15H16F3N3O3. The highest BCUT2D eigenvalue weighted by Crippen LogP contribution is 2.26. The predicted molar refractivity (Wildman–Crippen MR) is 77.9 cm³/mol. The Balaban J connectivity index is 2.27. The molecule has 9 heteroatoms. The zero-order valence-corrected chi connectivity index (χ0v) is 13.3. The zero-order chi connectivity index (χ0) is 18.1. The predicted octanol–water partition coefficient (Wildman–Crippen LogP) is 3.22. The normalized spacial score (nSPS) is 12.2. The summed E-state index contributed by atoms with van der Waals surface area (Å²) in [6.45, 7) is 5.66. The number of halogens is 3. The van der Waals surface area contributed by atoms with Crippen molar-refractivity contribution in [2.75, 3.05) is 0 Å². The Morgan fingerprint density at radius 1 is 1.21 bits per heavy atom. The van der Waals surface area contributed by atoms with Crippen LogP contribution in [0.5, 0.6) is 5.75 Å². The van der Waals surface area contributed by atoms with E-state index < -0.39 is 17.7 Å². The molecule has 0 radical (unpaired) electrons. The molecule has 0 bridgehead atoms. The maximum absolute atomic E-state index is 12.2. The molecule has 1 N–H and O–H groups in total. The van der Waals surface area contributed by atoms with E-state index in [0.717, 1.165) is 0 Å². The molecule has 0 saturated heterocycles. The van der Waals surface area contributed by atoms with E-state index in [1.165, 1.54) is 28.9 Å². The lowest BCUT2D eigenvalue weighted by Crippen LogP contribution is -2.22. The third-order valence-electron chi connectivity index (χ3n) is 3.14. The first-order valence-electron chi connectivity index (χ1n) is 6.99. The Morgan fingerprint density at radius 2 is 1.79 bits per heavy atom. The number of benzene rings is 1. The Bertz CT molecular complexity index is 731. The monoisotopic (exact) mass is 343 g/mol. The Labute approximate surface area is 135 Å². The number of aromatic nitrogens is 3. The molecule has 1 aromatic carbocycles. The van der Waals surface area contributed by atoms with Crippen molar-refractivity contribution in [3.8, 4) is 5.75 Å². The largest absolute Gasteiger partial charge is 0.573 e. The maximum Gasteiger partial charge on any atom is 0.573 e. The lowest BCUT2D eigenvalue weighted by atomic mass is 9.90. The van der Waals surface area contributed by atoms with Crippen LogP contribution in [-0.2, 0) is 12.0 Å². The third-order valence-corrected chi connectivity index (χ3v) is 3.14. The summed E-state index contributed by atoms with van der Waals surface area (Å²) in [6.07, 6.45) is -4.75. The summed E-state index contributed by atoms with van der Waals surface area (Å²) in [5.74, 6) is -1.51. The fourth-order valence-electron chi connectivity index (χ4n) is 2.28. The molecule has 0 fully saturated rings.